The molecule has 0 fully saturated rings. The molecule has 0 saturated heterocycles. The quantitative estimate of drug-likeness (QED) is 0.161. The van der Waals surface area contributed by atoms with Crippen LogP contribution < -0.4 is 16.0 Å². The van der Waals surface area contributed by atoms with Crippen LogP contribution in [0.15, 0.2) is 100 Å². The first-order valence-corrected chi connectivity index (χ1v) is 14.9. The molecule has 2 aliphatic heterocycles. The van der Waals surface area contributed by atoms with Gasteiger partial charge in [-0.25, -0.2) is 24.2 Å². The molecule has 1 atom stereocenters. The fourth-order valence-corrected chi connectivity index (χ4v) is 5.69. The lowest BCUT2D eigenvalue weighted by atomic mass is 9.93. The Hall–Kier alpha value is -5.56. The number of amides is 1. The summed E-state index contributed by atoms with van der Waals surface area (Å²) in [5.74, 6) is -1.45. The second-order valence-electron chi connectivity index (χ2n) is 11.0. The molecule has 1 aromatic heterocycles. The number of aromatic carboxylic acids is 1. The van der Waals surface area contributed by atoms with Crippen molar-refractivity contribution in [2.45, 2.75) is 32.0 Å². The smallest absolute Gasteiger partial charge is 0.416 e. The molecule has 0 spiro atoms. The van der Waals surface area contributed by atoms with Crippen molar-refractivity contribution in [2.24, 2.45) is 9.98 Å². The number of nitrogens with zero attached hydrogens (tertiary/aromatic N) is 3. The zero-order valence-electron chi connectivity index (χ0n) is 25.0. The number of hydrogen-bond acceptors (Lipinski definition) is 6. The largest absolute Gasteiger partial charge is 0.478 e. The van der Waals surface area contributed by atoms with Gasteiger partial charge in [0.25, 0.3) is 5.91 Å². The van der Waals surface area contributed by atoms with E-state index in [2.05, 4.69) is 25.9 Å². The van der Waals surface area contributed by atoms with Gasteiger partial charge >= 0.3 is 12.1 Å². The van der Waals surface area contributed by atoms with Crippen molar-refractivity contribution in [1.29, 1.82) is 0 Å². The zero-order valence-corrected chi connectivity index (χ0v) is 25.7. The third-order valence-electron chi connectivity index (χ3n) is 7.78. The topological polar surface area (TPSA) is 128 Å². The van der Waals surface area contributed by atoms with Gasteiger partial charge in [0.05, 0.1) is 16.7 Å². The van der Waals surface area contributed by atoms with Gasteiger partial charge in [-0.1, -0.05) is 35.9 Å². The first-order chi connectivity index (χ1) is 22.9. The van der Waals surface area contributed by atoms with Crippen LogP contribution in [0, 0.1) is 5.82 Å². The first-order valence-electron chi connectivity index (χ1n) is 14.5. The fraction of sp³-hybridized carbons (Fsp3) is 0.147. The van der Waals surface area contributed by atoms with Gasteiger partial charge in [0.15, 0.2) is 0 Å². The highest BCUT2D eigenvalue weighted by Gasteiger charge is 2.32. The van der Waals surface area contributed by atoms with E-state index in [4.69, 9.17) is 16.6 Å². The van der Waals surface area contributed by atoms with E-state index in [-0.39, 0.29) is 33.8 Å². The molecule has 1 unspecified atom stereocenters. The molecule has 9 nitrogen and oxygen atoms in total. The number of guanidine groups is 1. The van der Waals surface area contributed by atoms with Gasteiger partial charge in [-0.15, -0.1) is 0 Å². The van der Waals surface area contributed by atoms with Crippen LogP contribution in [0.3, 0.4) is 0 Å². The number of alkyl halides is 3. The molecule has 3 aromatic carbocycles. The van der Waals surface area contributed by atoms with E-state index in [1.165, 1.54) is 42.6 Å². The number of benzene rings is 3. The SMILES string of the molecule is CC1=C(C(=O)Nc2cc(C(=O)O)ccn2)C(c2ccc(-c3ccc(C(F)(F)F)cc3)cc2Cl)N=C(/N=C2/CCc3cc(F)ccc3N2)N1. The number of aryl methyl sites for hydroxylation is 1. The van der Waals surface area contributed by atoms with Gasteiger partial charge in [0.1, 0.15) is 23.5 Å². The molecule has 2 aliphatic rings. The van der Waals surface area contributed by atoms with Crippen LogP contribution in [0.25, 0.3) is 11.1 Å². The number of hydrogen-bond donors (Lipinski definition) is 4. The summed E-state index contributed by atoms with van der Waals surface area (Å²) in [6, 6.07) is 15.4. The highest BCUT2D eigenvalue weighted by Crippen LogP contribution is 2.38. The molecule has 4 aromatic rings. The van der Waals surface area contributed by atoms with Crippen molar-refractivity contribution in [3.8, 4) is 11.1 Å². The van der Waals surface area contributed by atoms with E-state index in [9.17, 15) is 32.3 Å². The minimum Gasteiger partial charge on any atom is -0.478 e. The predicted molar refractivity (Wildman–Crippen MR) is 174 cm³/mol. The normalized spacial score (nSPS) is 16.8. The molecular formula is C34H25ClF4N6O3. The van der Waals surface area contributed by atoms with Crippen molar-refractivity contribution < 1.29 is 32.3 Å². The van der Waals surface area contributed by atoms with E-state index < -0.39 is 29.7 Å². The lowest BCUT2D eigenvalue weighted by Gasteiger charge is -2.27. The highest BCUT2D eigenvalue weighted by atomic mass is 35.5. The number of fused-ring (bicyclic) bond motifs is 1. The van der Waals surface area contributed by atoms with Crippen LogP contribution in [0.2, 0.25) is 5.02 Å². The first kappa shape index (κ1) is 32.4. The Morgan fingerprint density at radius 1 is 0.979 bits per heavy atom. The van der Waals surface area contributed by atoms with Gasteiger partial charge in [0.2, 0.25) is 5.96 Å². The van der Waals surface area contributed by atoms with Gasteiger partial charge in [-0.05, 0) is 78.6 Å². The fourth-order valence-electron chi connectivity index (χ4n) is 5.41. The molecule has 0 radical (unpaired) electrons. The Balaban J connectivity index is 1.36. The molecule has 14 heteroatoms. The van der Waals surface area contributed by atoms with E-state index in [0.29, 0.717) is 46.8 Å². The maximum Gasteiger partial charge on any atom is 0.416 e. The van der Waals surface area contributed by atoms with Crippen LogP contribution >= 0.6 is 11.6 Å². The van der Waals surface area contributed by atoms with Crippen LogP contribution in [0.5, 0.6) is 0 Å². The molecule has 0 saturated carbocycles. The lowest BCUT2D eigenvalue weighted by molar-refractivity contribution is -0.137. The second-order valence-corrected chi connectivity index (χ2v) is 11.4. The van der Waals surface area contributed by atoms with Crippen molar-refractivity contribution >= 4 is 46.8 Å². The number of aromatic nitrogens is 1. The van der Waals surface area contributed by atoms with Crippen LogP contribution in [-0.2, 0) is 17.4 Å². The molecule has 1 amide bonds. The van der Waals surface area contributed by atoms with Crippen molar-refractivity contribution in [3.05, 3.63) is 123 Å². The molecule has 48 heavy (non-hydrogen) atoms. The number of halogens is 5. The number of carbonyl (C=O) groups is 2. The number of amidine groups is 1. The van der Waals surface area contributed by atoms with Crippen LogP contribution in [0.4, 0.5) is 29.1 Å². The Labute approximate surface area is 276 Å². The van der Waals surface area contributed by atoms with Crippen LogP contribution in [-0.4, -0.2) is 33.8 Å². The van der Waals surface area contributed by atoms with Crippen molar-refractivity contribution in [2.75, 3.05) is 10.6 Å². The molecule has 6 rings (SSSR count). The number of allylic oxidation sites excluding steroid dienone is 1. The van der Waals surface area contributed by atoms with Crippen molar-refractivity contribution in [3.63, 3.8) is 0 Å². The number of rotatable bonds is 5. The lowest BCUT2D eigenvalue weighted by Crippen LogP contribution is -2.34. The summed E-state index contributed by atoms with van der Waals surface area (Å²) in [5, 5.41) is 18.4. The Morgan fingerprint density at radius 3 is 2.44 bits per heavy atom. The number of aliphatic imine (C=N–C) groups is 2. The van der Waals surface area contributed by atoms with Gasteiger partial charge in [-0.3, -0.25) is 4.79 Å². The van der Waals surface area contributed by atoms with Crippen molar-refractivity contribution in [1.82, 2.24) is 10.3 Å². The third kappa shape index (κ3) is 6.91. The summed E-state index contributed by atoms with van der Waals surface area (Å²) in [4.78, 5) is 38.6. The molecule has 244 valence electrons. The number of anilines is 2. The average molecular weight is 677 g/mol. The highest BCUT2D eigenvalue weighted by molar-refractivity contribution is 6.32. The summed E-state index contributed by atoms with van der Waals surface area (Å²) < 4.78 is 53.0. The Kier molecular flexibility index (Phi) is 8.71. The second kappa shape index (κ2) is 12.9. The number of carboxylic acids is 1. The maximum absolute atomic E-state index is 13.7. The van der Waals surface area contributed by atoms with Gasteiger partial charge in [-0.2, -0.15) is 13.2 Å². The molecule has 0 bridgehead atoms. The molecule has 3 heterocycles. The third-order valence-corrected chi connectivity index (χ3v) is 8.11. The summed E-state index contributed by atoms with van der Waals surface area (Å²) in [6.45, 7) is 1.65. The van der Waals surface area contributed by atoms with E-state index in [1.807, 2.05) is 0 Å². The Morgan fingerprint density at radius 2 is 1.73 bits per heavy atom. The zero-order chi connectivity index (χ0) is 34.2. The number of carboxylic acid groups (broad SMARTS) is 1. The number of nitrogens with one attached hydrogen (secondary N) is 3. The Bertz CT molecular complexity index is 2040. The summed E-state index contributed by atoms with van der Waals surface area (Å²) in [7, 11) is 0. The standard InChI is InChI=1S/C34H25ClF4N6O3/c1-17-29(31(46)43-28-16-21(32(47)48)12-13-40-28)30(45-33(41-17)44-27-11-5-20-14-23(36)8-10-26(20)42-27)24-9-4-19(15-25(24)35)18-2-6-22(7-3-18)34(37,38)39/h2-4,6-10,12-16,30H,5,11H2,1H3,(H,47,48)(H,40,43,46)(H2,41,42,44,45). The number of pyridine rings is 1. The summed E-state index contributed by atoms with van der Waals surface area (Å²) >= 11 is 6.78. The minimum atomic E-state index is -4.48. The van der Waals surface area contributed by atoms with Crippen LogP contribution in [0.1, 0.15) is 46.4 Å². The van der Waals surface area contributed by atoms with Gasteiger partial charge in [0, 0.05) is 34.6 Å². The summed E-state index contributed by atoms with van der Waals surface area (Å²) in [5.41, 5.74) is 2.61. The predicted octanol–water partition coefficient (Wildman–Crippen LogP) is 7.63. The maximum atomic E-state index is 13.7. The number of carbonyl (C=O) groups excluding carboxylic acids is 1. The van der Waals surface area contributed by atoms with E-state index in [1.54, 1.807) is 31.2 Å². The van der Waals surface area contributed by atoms with E-state index in [0.717, 1.165) is 17.7 Å². The molecular weight excluding hydrogens is 652 g/mol. The summed E-state index contributed by atoms with van der Waals surface area (Å²) in [6.07, 6.45) is -2.22. The van der Waals surface area contributed by atoms with Gasteiger partial charge < -0.3 is 21.1 Å². The molecule has 0 aliphatic carbocycles. The minimum absolute atomic E-state index is 0.000717. The average Bonchev–Trinajstić information content (AvgIpc) is 3.04. The monoisotopic (exact) mass is 676 g/mol. The molecule has 4 N–H and O–H groups in total. The van der Waals surface area contributed by atoms with E-state index >= 15 is 0 Å².